The summed E-state index contributed by atoms with van der Waals surface area (Å²) in [4.78, 5) is 29.5. The van der Waals surface area contributed by atoms with Crippen molar-refractivity contribution in [1.82, 2.24) is 15.5 Å². The van der Waals surface area contributed by atoms with E-state index in [1.54, 1.807) is 0 Å². The van der Waals surface area contributed by atoms with Crippen molar-refractivity contribution in [3.63, 3.8) is 0 Å². The van der Waals surface area contributed by atoms with Crippen molar-refractivity contribution in [2.75, 3.05) is 52.7 Å². The van der Waals surface area contributed by atoms with E-state index in [0.717, 1.165) is 80.1 Å². The molecule has 280 valence electrons. The standard InChI is InChI=1S/C41H53N3O8/c45-37(36(25-29-8-2-1-3-9-29)42-41(48)52-28-34-11-6-7-20-50-34)27-32(40(47)43-39-35-12-5-4-10-31(35)26-38(39)46)24-30-13-15-33(16-14-30)51-23-19-44-17-21-49-22-18-44/h1-5,8-10,12-16,32,34,36-39,45-46H,6-7,11,17-28H2,(H,42,48)(H,43,47)/t32?,34?,36?,37?,38-,39-/m0/s1. The van der Waals surface area contributed by atoms with Gasteiger partial charge in [-0.15, -0.1) is 0 Å². The van der Waals surface area contributed by atoms with Crippen LogP contribution in [0.3, 0.4) is 0 Å². The Morgan fingerprint density at radius 3 is 2.42 bits per heavy atom. The zero-order chi connectivity index (χ0) is 36.1. The molecular formula is C41H53N3O8. The minimum absolute atomic E-state index is 0.0671. The molecule has 2 saturated heterocycles. The first-order chi connectivity index (χ1) is 25.4. The number of aliphatic hydroxyl groups excluding tert-OH is 2. The molecule has 0 bridgehead atoms. The van der Waals surface area contributed by atoms with Crippen LogP contribution in [-0.2, 0) is 38.3 Å². The van der Waals surface area contributed by atoms with Crippen molar-refractivity contribution < 1.29 is 38.7 Å². The van der Waals surface area contributed by atoms with E-state index < -0.39 is 36.3 Å². The van der Waals surface area contributed by atoms with Gasteiger partial charge in [-0.2, -0.15) is 0 Å². The molecule has 6 rings (SSSR count). The van der Waals surface area contributed by atoms with Crippen LogP contribution in [0.1, 0.15) is 54.0 Å². The van der Waals surface area contributed by atoms with Crippen molar-refractivity contribution in [2.45, 2.75) is 75.3 Å². The number of alkyl carbamates (subject to hydrolysis) is 1. The van der Waals surface area contributed by atoms with Gasteiger partial charge >= 0.3 is 6.09 Å². The number of nitrogens with one attached hydrogen (secondary N) is 2. The van der Waals surface area contributed by atoms with Crippen LogP contribution in [0.2, 0.25) is 0 Å². The van der Waals surface area contributed by atoms with Crippen molar-refractivity contribution >= 4 is 12.0 Å². The van der Waals surface area contributed by atoms with E-state index in [2.05, 4.69) is 15.5 Å². The van der Waals surface area contributed by atoms with E-state index in [9.17, 15) is 19.8 Å². The molecule has 11 nitrogen and oxygen atoms in total. The summed E-state index contributed by atoms with van der Waals surface area (Å²) in [7, 11) is 0. The fraction of sp³-hybridized carbons (Fsp3) is 0.512. The summed E-state index contributed by atoms with van der Waals surface area (Å²) in [6.45, 7) is 5.47. The number of aliphatic hydroxyl groups is 2. The summed E-state index contributed by atoms with van der Waals surface area (Å²) in [6.07, 6.45) is 1.46. The molecule has 2 aliphatic heterocycles. The highest BCUT2D eigenvalue weighted by Gasteiger charge is 2.35. The van der Waals surface area contributed by atoms with Crippen LogP contribution >= 0.6 is 0 Å². The Kier molecular flexibility index (Phi) is 13.9. The summed E-state index contributed by atoms with van der Waals surface area (Å²) in [5, 5.41) is 28.7. The second kappa shape index (κ2) is 19.2. The second-order valence-corrected chi connectivity index (χ2v) is 14.1. The molecule has 1 aliphatic carbocycles. The average molecular weight is 716 g/mol. The number of fused-ring (bicyclic) bond motifs is 1. The SMILES string of the molecule is O=C(NC(Cc1ccccc1)C(O)CC(Cc1ccc(OCCN2CCOCC2)cc1)C(=O)N[C@H]1c2ccccc2C[C@@H]1O)OCC1CCCCO1. The first-order valence-electron chi connectivity index (χ1n) is 18.8. The van der Waals surface area contributed by atoms with Crippen molar-refractivity contribution in [3.05, 3.63) is 101 Å². The number of morpholine rings is 1. The Balaban J connectivity index is 1.14. The lowest BCUT2D eigenvalue weighted by Gasteiger charge is -2.29. The van der Waals surface area contributed by atoms with Gasteiger partial charge in [-0.05, 0) is 72.9 Å². The second-order valence-electron chi connectivity index (χ2n) is 14.1. The van der Waals surface area contributed by atoms with Gasteiger partial charge in [-0.25, -0.2) is 4.79 Å². The van der Waals surface area contributed by atoms with Gasteiger partial charge in [0.05, 0.1) is 43.6 Å². The number of ether oxygens (including phenoxy) is 4. The molecule has 2 amide bonds. The lowest BCUT2D eigenvalue weighted by Crippen LogP contribution is -2.48. The number of nitrogens with zero attached hydrogens (tertiary/aromatic N) is 1. The Morgan fingerprint density at radius 2 is 1.65 bits per heavy atom. The van der Waals surface area contributed by atoms with Gasteiger partial charge in [0.2, 0.25) is 5.91 Å². The summed E-state index contributed by atoms with van der Waals surface area (Å²) in [5.41, 5.74) is 3.73. The van der Waals surface area contributed by atoms with Crippen LogP contribution < -0.4 is 15.4 Å². The van der Waals surface area contributed by atoms with E-state index in [4.69, 9.17) is 18.9 Å². The minimum Gasteiger partial charge on any atom is -0.492 e. The van der Waals surface area contributed by atoms with Gasteiger partial charge in [0.15, 0.2) is 0 Å². The van der Waals surface area contributed by atoms with Crippen LogP contribution in [0.4, 0.5) is 4.79 Å². The zero-order valence-corrected chi connectivity index (χ0v) is 29.9. The summed E-state index contributed by atoms with van der Waals surface area (Å²) in [6, 6.07) is 23.8. The normalized spacial score (nSPS) is 22.1. The molecule has 0 radical (unpaired) electrons. The predicted molar refractivity (Wildman–Crippen MR) is 196 cm³/mol. The van der Waals surface area contributed by atoms with Crippen molar-refractivity contribution in [2.24, 2.45) is 5.92 Å². The number of hydrogen-bond acceptors (Lipinski definition) is 9. The van der Waals surface area contributed by atoms with Gasteiger partial charge in [0.25, 0.3) is 0 Å². The van der Waals surface area contributed by atoms with Crippen LogP contribution in [0.5, 0.6) is 5.75 Å². The van der Waals surface area contributed by atoms with E-state index >= 15 is 0 Å². The molecule has 2 fully saturated rings. The maximum absolute atomic E-state index is 14.1. The Hall–Kier alpha value is -4.00. The molecule has 3 aliphatic rings. The third kappa shape index (κ3) is 11.0. The Labute approximate surface area is 306 Å². The molecule has 2 heterocycles. The quantitative estimate of drug-likeness (QED) is 0.174. The maximum Gasteiger partial charge on any atom is 0.407 e. The highest BCUT2D eigenvalue weighted by Crippen LogP contribution is 2.32. The Bertz CT molecular complexity index is 1550. The molecule has 11 heteroatoms. The third-order valence-electron chi connectivity index (χ3n) is 10.3. The van der Waals surface area contributed by atoms with Crippen LogP contribution in [0.15, 0.2) is 78.9 Å². The highest BCUT2D eigenvalue weighted by molar-refractivity contribution is 5.80. The maximum atomic E-state index is 14.1. The molecule has 3 aromatic rings. The number of benzene rings is 3. The zero-order valence-electron chi connectivity index (χ0n) is 29.9. The number of carbonyl (C=O) groups is 2. The fourth-order valence-electron chi connectivity index (χ4n) is 7.33. The van der Waals surface area contributed by atoms with Gasteiger partial charge in [0, 0.05) is 38.6 Å². The molecule has 0 aromatic heterocycles. The summed E-state index contributed by atoms with van der Waals surface area (Å²) < 4.78 is 22.7. The number of hydrogen-bond donors (Lipinski definition) is 4. The molecule has 0 spiro atoms. The smallest absolute Gasteiger partial charge is 0.407 e. The third-order valence-corrected chi connectivity index (χ3v) is 10.3. The van der Waals surface area contributed by atoms with Crippen molar-refractivity contribution in [3.8, 4) is 5.75 Å². The monoisotopic (exact) mass is 715 g/mol. The molecular weight excluding hydrogens is 662 g/mol. The fourth-order valence-corrected chi connectivity index (χ4v) is 7.33. The van der Waals surface area contributed by atoms with Gasteiger partial charge < -0.3 is 39.8 Å². The molecule has 4 unspecified atom stereocenters. The number of rotatable bonds is 16. The molecule has 4 N–H and O–H groups in total. The first kappa shape index (κ1) is 37.7. The Morgan fingerprint density at radius 1 is 0.904 bits per heavy atom. The molecule has 3 aromatic carbocycles. The van der Waals surface area contributed by atoms with Crippen LogP contribution in [0.25, 0.3) is 0 Å². The lowest BCUT2D eigenvalue weighted by molar-refractivity contribution is -0.127. The molecule has 6 atom stereocenters. The van der Waals surface area contributed by atoms with E-state index in [-0.39, 0.29) is 25.0 Å². The summed E-state index contributed by atoms with van der Waals surface area (Å²) in [5.74, 6) is -0.205. The predicted octanol–water partition coefficient (Wildman–Crippen LogP) is 3.99. The van der Waals surface area contributed by atoms with Gasteiger partial charge in [0.1, 0.15) is 19.0 Å². The number of amides is 2. The topological polar surface area (TPSA) is 139 Å². The number of carbonyl (C=O) groups excluding carboxylic acids is 2. The lowest BCUT2D eigenvalue weighted by atomic mass is 9.88. The van der Waals surface area contributed by atoms with Crippen LogP contribution in [0, 0.1) is 5.92 Å². The first-order valence-corrected chi connectivity index (χ1v) is 18.8. The highest BCUT2D eigenvalue weighted by atomic mass is 16.6. The van der Waals surface area contributed by atoms with E-state index in [1.807, 2.05) is 78.9 Å². The van der Waals surface area contributed by atoms with Gasteiger partial charge in [-0.1, -0.05) is 66.7 Å². The summed E-state index contributed by atoms with van der Waals surface area (Å²) >= 11 is 0. The minimum atomic E-state index is -1.09. The van der Waals surface area contributed by atoms with Crippen molar-refractivity contribution in [1.29, 1.82) is 0 Å². The molecule has 52 heavy (non-hydrogen) atoms. The van der Waals surface area contributed by atoms with E-state index in [0.29, 0.717) is 32.5 Å². The van der Waals surface area contributed by atoms with Crippen LogP contribution in [-0.4, -0.2) is 104 Å². The average Bonchev–Trinajstić information content (AvgIpc) is 3.49. The largest absolute Gasteiger partial charge is 0.492 e. The van der Waals surface area contributed by atoms with E-state index in [1.165, 1.54) is 0 Å². The molecule has 0 saturated carbocycles. The van der Waals surface area contributed by atoms with Gasteiger partial charge in [-0.3, -0.25) is 9.69 Å².